The number of halogens is 5. The van der Waals surface area contributed by atoms with Gasteiger partial charge < -0.3 is 5.11 Å². The molecule has 0 bridgehead atoms. The van der Waals surface area contributed by atoms with Crippen LogP contribution in [0.25, 0.3) is 21.9 Å². The predicted octanol–water partition coefficient (Wildman–Crippen LogP) is 7.40. The van der Waals surface area contributed by atoms with Crippen LogP contribution in [0.5, 0.6) is 5.75 Å². The topological polar surface area (TPSA) is 20.2 Å². The zero-order chi connectivity index (χ0) is 19.0. The zero-order valence-corrected chi connectivity index (χ0v) is 17.0. The molecule has 3 aromatic carbocycles. The van der Waals surface area contributed by atoms with E-state index in [-0.39, 0.29) is 11.1 Å². The zero-order valence-electron chi connectivity index (χ0n) is 13.8. The van der Waals surface area contributed by atoms with E-state index < -0.39 is 17.2 Å². The molecule has 3 aromatic rings. The normalized spacial score (nSPS) is 15.2. The summed E-state index contributed by atoms with van der Waals surface area (Å²) in [4.78, 5) is 0. The van der Waals surface area contributed by atoms with E-state index in [1.165, 1.54) is 6.07 Å². The second-order valence-electron chi connectivity index (χ2n) is 7.01. The summed E-state index contributed by atoms with van der Waals surface area (Å²) in [6, 6.07) is 9.07. The van der Waals surface area contributed by atoms with E-state index in [0.29, 0.717) is 5.39 Å². The molecule has 0 amide bonds. The van der Waals surface area contributed by atoms with E-state index in [2.05, 4.69) is 31.9 Å². The smallest absolute Gasteiger partial charge is 0.416 e. The highest BCUT2D eigenvalue weighted by Crippen LogP contribution is 2.56. The van der Waals surface area contributed by atoms with Gasteiger partial charge in [0.2, 0.25) is 0 Å². The van der Waals surface area contributed by atoms with Gasteiger partial charge in [0.15, 0.2) is 0 Å². The largest absolute Gasteiger partial charge is 0.507 e. The van der Waals surface area contributed by atoms with E-state index in [1.54, 1.807) is 6.07 Å². The van der Waals surface area contributed by atoms with Gasteiger partial charge in [0.25, 0.3) is 0 Å². The van der Waals surface area contributed by atoms with Gasteiger partial charge in [0.1, 0.15) is 5.75 Å². The molecular weight excluding hydrogens is 473 g/mol. The summed E-state index contributed by atoms with van der Waals surface area (Å²) >= 11 is 7.10. The van der Waals surface area contributed by atoms with Crippen LogP contribution in [0.2, 0.25) is 0 Å². The first-order chi connectivity index (χ1) is 12.0. The maximum absolute atomic E-state index is 13.1. The Morgan fingerprint density at radius 2 is 1.65 bits per heavy atom. The highest BCUT2D eigenvalue weighted by molar-refractivity contribution is 9.11. The van der Waals surface area contributed by atoms with Crippen molar-refractivity contribution in [3.8, 4) is 16.9 Å². The third-order valence-electron chi connectivity index (χ3n) is 5.07. The Labute approximate surface area is 165 Å². The highest BCUT2D eigenvalue weighted by atomic mass is 79.9. The molecule has 6 heteroatoms. The van der Waals surface area contributed by atoms with Crippen molar-refractivity contribution < 1.29 is 18.3 Å². The molecule has 1 nitrogen and oxygen atoms in total. The van der Waals surface area contributed by atoms with Crippen LogP contribution in [0, 0.1) is 0 Å². The lowest BCUT2D eigenvalue weighted by Gasteiger charge is -2.23. The third-order valence-corrected chi connectivity index (χ3v) is 6.15. The second kappa shape index (κ2) is 5.49. The van der Waals surface area contributed by atoms with E-state index in [1.807, 2.05) is 26.0 Å². The number of benzene rings is 3. The molecule has 0 heterocycles. The van der Waals surface area contributed by atoms with E-state index >= 15 is 0 Å². The Kier molecular flexibility index (Phi) is 3.77. The summed E-state index contributed by atoms with van der Waals surface area (Å²) < 4.78 is 41.1. The summed E-state index contributed by atoms with van der Waals surface area (Å²) in [6.07, 6.45) is -4.46. The fourth-order valence-corrected chi connectivity index (χ4v) is 5.63. The van der Waals surface area contributed by atoms with Crippen molar-refractivity contribution in [3.63, 3.8) is 0 Å². The molecule has 0 atom stereocenters. The molecule has 0 aliphatic heterocycles. The first kappa shape index (κ1) is 17.9. The number of phenols is 1. The molecule has 1 aliphatic rings. The van der Waals surface area contributed by atoms with Gasteiger partial charge >= 0.3 is 6.18 Å². The molecule has 0 saturated carbocycles. The van der Waals surface area contributed by atoms with Crippen LogP contribution in [0.15, 0.2) is 45.3 Å². The molecule has 26 heavy (non-hydrogen) atoms. The molecule has 134 valence electrons. The Hall–Kier alpha value is -1.53. The van der Waals surface area contributed by atoms with Crippen molar-refractivity contribution in [2.24, 2.45) is 0 Å². The fourth-order valence-electron chi connectivity index (χ4n) is 3.91. The van der Waals surface area contributed by atoms with Gasteiger partial charge in [-0.15, -0.1) is 0 Å². The molecule has 0 radical (unpaired) electrons. The number of alkyl halides is 3. The molecule has 1 aliphatic carbocycles. The van der Waals surface area contributed by atoms with Crippen molar-refractivity contribution in [3.05, 3.63) is 62.0 Å². The SMILES string of the molecule is CC1(C)c2cc(O)c3cc(C(F)(F)F)ccc3c2-c2cc(Br)cc(Br)c21. The molecule has 0 unspecified atom stereocenters. The van der Waals surface area contributed by atoms with E-state index in [0.717, 1.165) is 43.3 Å². The number of aromatic hydroxyl groups is 1. The van der Waals surface area contributed by atoms with Gasteiger partial charge in [-0.2, -0.15) is 13.2 Å². The number of hydrogen-bond acceptors (Lipinski definition) is 1. The van der Waals surface area contributed by atoms with Crippen LogP contribution >= 0.6 is 31.9 Å². The highest BCUT2D eigenvalue weighted by Gasteiger charge is 2.39. The lowest BCUT2D eigenvalue weighted by atomic mass is 9.82. The summed E-state index contributed by atoms with van der Waals surface area (Å²) in [6.45, 7) is 4.09. The van der Waals surface area contributed by atoms with Gasteiger partial charge in [-0.3, -0.25) is 0 Å². The molecule has 1 N–H and O–H groups in total. The first-order valence-electron chi connectivity index (χ1n) is 7.89. The van der Waals surface area contributed by atoms with Crippen LogP contribution in [-0.4, -0.2) is 5.11 Å². The number of fused-ring (bicyclic) bond motifs is 5. The summed E-state index contributed by atoms with van der Waals surface area (Å²) in [7, 11) is 0. The lowest BCUT2D eigenvalue weighted by Crippen LogP contribution is -2.15. The minimum Gasteiger partial charge on any atom is -0.507 e. The predicted molar refractivity (Wildman–Crippen MR) is 104 cm³/mol. The molecule has 0 saturated heterocycles. The number of hydrogen-bond donors (Lipinski definition) is 1. The minimum atomic E-state index is -4.46. The average Bonchev–Trinajstić information content (AvgIpc) is 2.74. The van der Waals surface area contributed by atoms with Crippen LogP contribution in [0.4, 0.5) is 13.2 Å². The van der Waals surface area contributed by atoms with Crippen LogP contribution in [0.3, 0.4) is 0 Å². The maximum Gasteiger partial charge on any atom is 0.416 e. The lowest BCUT2D eigenvalue weighted by molar-refractivity contribution is -0.137. The Morgan fingerprint density at radius 1 is 0.962 bits per heavy atom. The van der Waals surface area contributed by atoms with Gasteiger partial charge in [0, 0.05) is 19.7 Å². The van der Waals surface area contributed by atoms with Gasteiger partial charge in [-0.05, 0) is 58.0 Å². The molecule has 0 spiro atoms. The van der Waals surface area contributed by atoms with E-state index in [9.17, 15) is 18.3 Å². The number of rotatable bonds is 0. The monoisotopic (exact) mass is 484 g/mol. The van der Waals surface area contributed by atoms with Gasteiger partial charge in [-0.25, -0.2) is 0 Å². The van der Waals surface area contributed by atoms with Crippen molar-refractivity contribution >= 4 is 42.6 Å². The van der Waals surface area contributed by atoms with Crippen molar-refractivity contribution in [1.82, 2.24) is 0 Å². The first-order valence-corrected chi connectivity index (χ1v) is 9.47. The minimum absolute atomic E-state index is 0.138. The second-order valence-corrected chi connectivity index (χ2v) is 8.78. The number of phenolic OH excluding ortho intramolecular Hbond substituents is 1. The van der Waals surface area contributed by atoms with Crippen LogP contribution in [-0.2, 0) is 11.6 Å². The van der Waals surface area contributed by atoms with Crippen molar-refractivity contribution in [2.45, 2.75) is 25.4 Å². The Morgan fingerprint density at radius 3 is 2.31 bits per heavy atom. The molecular formula is C20H13Br2F3O. The van der Waals surface area contributed by atoms with Crippen LogP contribution in [0.1, 0.15) is 30.5 Å². The Bertz CT molecular complexity index is 1080. The summed E-state index contributed by atoms with van der Waals surface area (Å²) in [5.74, 6) is -0.138. The van der Waals surface area contributed by atoms with E-state index in [4.69, 9.17) is 0 Å². The molecule has 4 rings (SSSR count). The molecule has 0 aromatic heterocycles. The van der Waals surface area contributed by atoms with Gasteiger partial charge in [0.05, 0.1) is 5.56 Å². The summed E-state index contributed by atoms with van der Waals surface area (Å²) in [5.41, 5.74) is 2.62. The van der Waals surface area contributed by atoms with Crippen LogP contribution < -0.4 is 0 Å². The summed E-state index contributed by atoms with van der Waals surface area (Å²) in [5, 5.41) is 11.3. The average molecular weight is 486 g/mol. The maximum atomic E-state index is 13.1. The Balaban J connectivity index is 2.15. The van der Waals surface area contributed by atoms with Crippen molar-refractivity contribution in [2.75, 3.05) is 0 Å². The standard InChI is InChI=1S/C20H13Br2F3O/c1-19(2)14-8-16(26)12-5-9(20(23,24)25)3-4-11(12)17(14)13-6-10(21)7-15(22)18(13)19/h3-8,26H,1-2H3. The molecule has 0 fully saturated rings. The van der Waals surface area contributed by atoms with Crippen molar-refractivity contribution in [1.29, 1.82) is 0 Å². The quantitative estimate of drug-likeness (QED) is 0.351. The fraction of sp³-hybridized carbons (Fsp3) is 0.200. The third kappa shape index (κ3) is 2.42. The van der Waals surface area contributed by atoms with Gasteiger partial charge in [-0.1, -0.05) is 51.8 Å².